The SMILES string of the molecule is [CH2]C(O)(CCCO)C(N)O. The molecule has 0 saturated heterocycles. The van der Waals surface area contributed by atoms with Crippen LogP contribution in [0, 0.1) is 6.92 Å². The molecule has 0 fully saturated rings. The van der Waals surface area contributed by atoms with Crippen molar-refractivity contribution in [3.8, 4) is 0 Å². The van der Waals surface area contributed by atoms with Crippen LogP contribution in [-0.4, -0.2) is 33.8 Å². The Labute approximate surface area is 60.3 Å². The van der Waals surface area contributed by atoms with Gasteiger partial charge in [0.2, 0.25) is 0 Å². The molecule has 0 heterocycles. The molecule has 0 saturated carbocycles. The normalized spacial score (nSPS) is 20.1. The first-order valence-electron chi connectivity index (χ1n) is 3.13. The third-order valence-electron chi connectivity index (χ3n) is 1.32. The van der Waals surface area contributed by atoms with Gasteiger partial charge in [-0.3, -0.25) is 0 Å². The monoisotopic (exact) mass is 148 g/mol. The van der Waals surface area contributed by atoms with E-state index in [0.29, 0.717) is 6.42 Å². The van der Waals surface area contributed by atoms with Crippen LogP contribution in [0.5, 0.6) is 0 Å². The van der Waals surface area contributed by atoms with Gasteiger partial charge in [-0.25, -0.2) is 0 Å². The van der Waals surface area contributed by atoms with Crippen molar-refractivity contribution in [1.29, 1.82) is 0 Å². The third kappa shape index (κ3) is 3.12. The van der Waals surface area contributed by atoms with Crippen LogP contribution < -0.4 is 5.73 Å². The second-order valence-corrected chi connectivity index (χ2v) is 2.38. The summed E-state index contributed by atoms with van der Waals surface area (Å²) in [5, 5.41) is 26.2. The second-order valence-electron chi connectivity index (χ2n) is 2.38. The summed E-state index contributed by atoms with van der Waals surface area (Å²) in [5.74, 6) is 0. The number of hydrogen-bond acceptors (Lipinski definition) is 4. The molecular formula is C6H14NO3. The van der Waals surface area contributed by atoms with Crippen LogP contribution in [-0.2, 0) is 0 Å². The maximum absolute atomic E-state index is 9.13. The lowest BCUT2D eigenvalue weighted by molar-refractivity contribution is -0.0465. The molecule has 0 spiro atoms. The van der Waals surface area contributed by atoms with Gasteiger partial charge in [0, 0.05) is 6.61 Å². The van der Waals surface area contributed by atoms with Gasteiger partial charge >= 0.3 is 0 Å². The van der Waals surface area contributed by atoms with Crippen molar-refractivity contribution in [3.63, 3.8) is 0 Å². The van der Waals surface area contributed by atoms with Crippen molar-refractivity contribution in [2.75, 3.05) is 6.61 Å². The highest BCUT2D eigenvalue weighted by Crippen LogP contribution is 2.12. The van der Waals surface area contributed by atoms with E-state index in [1.807, 2.05) is 0 Å². The molecule has 61 valence electrons. The molecule has 4 nitrogen and oxygen atoms in total. The fraction of sp³-hybridized carbons (Fsp3) is 0.833. The number of rotatable bonds is 4. The van der Waals surface area contributed by atoms with E-state index in [2.05, 4.69) is 6.92 Å². The lowest BCUT2D eigenvalue weighted by Gasteiger charge is -2.25. The molecule has 0 aliphatic heterocycles. The van der Waals surface area contributed by atoms with E-state index in [0.717, 1.165) is 0 Å². The molecule has 0 bridgehead atoms. The highest BCUT2D eigenvalue weighted by molar-refractivity contribution is 4.85. The zero-order valence-electron chi connectivity index (χ0n) is 5.82. The average molecular weight is 148 g/mol. The summed E-state index contributed by atoms with van der Waals surface area (Å²) in [4.78, 5) is 0. The van der Waals surface area contributed by atoms with Crippen LogP contribution in [0.4, 0.5) is 0 Å². The fourth-order valence-corrected chi connectivity index (χ4v) is 0.533. The Kier molecular flexibility index (Phi) is 3.81. The Morgan fingerprint density at radius 1 is 1.60 bits per heavy atom. The molecule has 0 amide bonds. The lowest BCUT2D eigenvalue weighted by atomic mass is 9.99. The third-order valence-corrected chi connectivity index (χ3v) is 1.32. The van der Waals surface area contributed by atoms with Crippen LogP contribution in [0.1, 0.15) is 12.8 Å². The minimum Gasteiger partial charge on any atom is -0.396 e. The van der Waals surface area contributed by atoms with E-state index >= 15 is 0 Å². The molecule has 4 heteroatoms. The summed E-state index contributed by atoms with van der Waals surface area (Å²) >= 11 is 0. The van der Waals surface area contributed by atoms with E-state index in [9.17, 15) is 0 Å². The minimum atomic E-state index is -1.53. The summed E-state index contributed by atoms with van der Waals surface area (Å²) < 4.78 is 0. The first kappa shape index (κ1) is 9.84. The maximum Gasteiger partial charge on any atom is 0.131 e. The van der Waals surface area contributed by atoms with E-state index in [1.54, 1.807) is 0 Å². The van der Waals surface area contributed by atoms with E-state index < -0.39 is 11.8 Å². The summed E-state index contributed by atoms with van der Waals surface area (Å²) in [6, 6.07) is 0. The number of hydrogen-bond donors (Lipinski definition) is 4. The van der Waals surface area contributed by atoms with Crippen molar-refractivity contribution in [2.24, 2.45) is 5.73 Å². The molecule has 0 aromatic heterocycles. The summed E-state index contributed by atoms with van der Waals surface area (Å²) in [6.07, 6.45) is -0.769. The first-order valence-corrected chi connectivity index (χ1v) is 3.13. The smallest absolute Gasteiger partial charge is 0.131 e. The highest BCUT2D eigenvalue weighted by atomic mass is 16.3. The molecule has 5 N–H and O–H groups in total. The van der Waals surface area contributed by atoms with Gasteiger partial charge in [-0.2, -0.15) is 0 Å². The minimum absolute atomic E-state index is 0.0372. The molecule has 2 unspecified atom stereocenters. The molecule has 1 radical (unpaired) electrons. The van der Waals surface area contributed by atoms with Crippen LogP contribution in [0.25, 0.3) is 0 Å². The van der Waals surface area contributed by atoms with Gasteiger partial charge in [-0.05, 0) is 19.8 Å². The Balaban J connectivity index is 3.63. The Morgan fingerprint density at radius 3 is 2.40 bits per heavy atom. The van der Waals surface area contributed by atoms with Crippen molar-refractivity contribution in [3.05, 3.63) is 6.92 Å². The van der Waals surface area contributed by atoms with E-state index in [-0.39, 0.29) is 13.0 Å². The van der Waals surface area contributed by atoms with E-state index in [4.69, 9.17) is 21.1 Å². The fourth-order valence-electron chi connectivity index (χ4n) is 0.533. The van der Waals surface area contributed by atoms with Gasteiger partial charge in [0.15, 0.2) is 0 Å². The van der Waals surface area contributed by atoms with Gasteiger partial charge < -0.3 is 21.1 Å². The molecule has 10 heavy (non-hydrogen) atoms. The van der Waals surface area contributed by atoms with Gasteiger partial charge in [0.05, 0.1) is 0 Å². The Morgan fingerprint density at radius 2 is 2.10 bits per heavy atom. The standard InChI is InChI=1S/C6H14NO3/c1-6(10,5(7)9)3-2-4-8/h5,8-10H,1-4,7H2. The first-order chi connectivity index (χ1) is 4.50. The summed E-state index contributed by atoms with van der Waals surface area (Å²) in [5.41, 5.74) is 3.45. The molecular weight excluding hydrogens is 134 g/mol. The lowest BCUT2D eigenvalue weighted by Crippen LogP contribution is -2.45. The molecule has 0 rings (SSSR count). The summed E-state index contributed by atoms with van der Waals surface area (Å²) in [7, 11) is 0. The average Bonchev–Trinajstić information content (AvgIpc) is 1.84. The summed E-state index contributed by atoms with van der Waals surface area (Å²) in [6.45, 7) is 3.24. The van der Waals surface area contributed by atoms with Gasteiger partial charge in [0.1, 0.15) is 11.8 Å². The van der Waals surface area contributed by atoms with Crippen molar-refractivity contribution in [2.45, 2.75) is 24.7 Å². The van der Waals surface area contributed by atoms with Crippen molar-refractivity contribution in [1.82, 2.24) is 0 Å². The van der Waals surface area contributed by atoms with Crippen molar-refractivity contribution >= 4 is 0 Å². The molecule has 0 aromatic carbocycles. The van der Waals surface area contributed by atoms with Crippen LogP contribution in [0.3, 0.4) is 0 Å². The van der Waals surface area contributed by atoms with E-state index in [1.165, 1.54) is 0 Å². The molecule has 2 atom stereocenters. The predicted molar refractivity (Wildman–Crippen MR) is 36.8 cm³/mol. The molecule has 0 aromatic rings. The Bertz CT molecular complexity index is 93.0. The van der Waals surface area contributed by atoms with Crippen LogP contribution >= 0.6 is 0 Å². The molecule has 0 aliphatic carbocycles. The van der Waals surface area contributed by atoms with Crippen LogP contribution in [0.15, 0.2) is 0 Å². The largest absolute Gasteiger partial charge is 0.396 e. The van der Waals surface area contributed by atoms with Gasteiger partial charge in [-0.15, -0.1) is 0 Å². The Hall–Kier alpha value is -0.160. The maximum atomic E-state index is 9.13. The molecule has 0 aliphatic rings. The second kappa shape index (κ2) is 3.88. The predicted octanol–water partition coefficient (Wildman–Crippen LogP) is -1.40. The van der Waals surface area contributed by atoms with Crippen molar-refractivity contribution < 1.29 is 15.3 Å². The van der Waals surface area contributed by atoms with Gasteiger partial charge in [-0.1, -0.05) is 0 Å². The number of aliphatic hydroxyl groups excluding tert-OH is 2. The zero-order chi connectivity index (χ0) is 8.20. The number of aliphatic hydroxyl groups is 3. The van der Waals surface area contributed by atoms with Gasteiger partial charge in [0.25, 0.3) is 0 Å². The van der Waals surface area contributed by atoms with Crippen LogP contribution in [0.2, 0.25) is 0 Å². The topological polar surface area (TPSA) is 86.7 Å². The number of nitrogens with two attached hydrogens (primary N) is 1. The quantitative estimate of drug-likeness (QED) is 0.369. The zero-order valence-corrected chi connectivity index (χ0v) is 5.82. The highest BCUT2D eigenvalue weighted by Gasteiger charge is 2.26.